The van der Waals surface area contributed by atoms with Crippen molar-refractivity contribution in [1.82, 2.24) is 0 Å². The molecule has 0 atom stereocenters. The number of sulfone groups is 1. The molecule has 0 aromatic heterocycles. The van der Waals surface area contributed by atoms with E-state index in [-0.39, 0.29) is 11.5 Å². The van der Waals surface area contributed by atoms with Gasteiger partial charge in [0.05, 0.1) is 11.5 Å². The Labute approximate surface area is 54.8 Å². The molecule has 2 nitrogen and oxygen atoms in total. The van der Waals surface area contributed by atoms with Gasteiger partial charge >= 0.3 is 0 Å². The third-order valence-electron chi connectivity index (χ3n) is 1.08. The molecule has 0 aromatic carbocycles. The molecule has 0 fully saturated rings. The maximum Gasteiger partial charge on any atom is 0.157 e. The molecule has 3 heteroatoms. The van der Waals surface area contributed by atoms with Gasteiger partial charge in [0.15, 0.2) is 9.84 Å². The highest BCUT2D eigenvalue weighted by molar-refractivity contribution is 7.91. The first kappa shape index (κ1) is 6.55. The summed E-state index contributed by atoms with van der Waals surface area (Å²) in [5.41, 5.74) is 0. The van der Waals surface area contributed by atoms with Gasteiger partial charge in [-0.3, -0.25) is 0 Å². The van der Waals surface area contributed by atoms with Gasteiger partial charge in [-0.1, -0.05) is 24.3 Å². The SMILES string of the molecule is O=S1(=O)CC=CC=CC1. The summed E-state index contributed by atoms with van der Waals surface area (Å²) in [5.74, 6) is 0.361. The van der Waals surface area contributed by atoms with E-state index in [1.165, 1.54) is 0 Å². The molecule has 0 amide bonds. The Bertz CT molecular complexity index is 214. The second kappa shape index (κ2) is 2.35. The first-order valence-electron chi connectivity index (χ1n) is 2.73. The fourth-order valence-corrected chi connectivity index (χ4v) is 1.57. The van der Waals surface area contributed by atoms with Gasteiger partial charge in [0.1, 0.15) is 0 Å². The van der Waals surface area contributed by atoms with Crippen molar-refractivity contribution in [3.63, 3.8) is 0 Å². The van der Waals surface area contributed by atoms with E-state index in [4.69, 9.17) is 0 Å². The van der Waals surface area contributed by atoms with Gasteiger partial charge in [-0.25, -0.2) is 8.42 Å². The van der Waals surface area contributed by atoms with Crippen molar-refractivity contribution in [2.75, 3.05) is 11.5 Å². The van der Waals surface area contributed by atoms with Crippen molar-refractivity contribution in [2.45, 2.75) is 0 Å². The molecule has 1 rings (SSSR count). The van der Waals surface area contributed by atoms with Crippen molar-refractivity contribution < 1.29 is 8.42 Å². The monoisotopic (exact) mass is 144 g/mol. The van der Waals surface area contributed by atoms with E-state index >= 15 is 0 Å². The maximum absolute atomic E-state index is 10.8. The number of rotatable bonds is 0. The Balaban J connectivity index is 2.86. The fraction of sp³-hybridized carbons (Fsp3) is 0.333. The van der Waals surface area contributed by atoms with Crippen LogP contribution in [0.1, 0.15) is 0 Å². The zero-order valence-corrected chi connectivity index (χ0v) is 5.76. The Kier molecular flexibility index (Phi) is 1.71. The molecule has 0 aromatic rings. The fourth-order valence-electron chi connectivity index (χ4n) is 0.630. The van der Waals surface area contributed by atoms with Crippen LogP contribution >= 0.6 is 0 Å². The first-order valence-corrected chi connectivity index (χ1v) is 4.55. The molecule has 0 saturated carbocycles. The van der Waals surface area contributed by atoms with Crippen LogP contribution in [-0.2, 0) is 9.84 Å². The minimum Gasteiger partial charge on any atom is -0.228 e. The zero-order valence-electron chi connectivity index (χ0n) is 4.95. The molecule has 0 saturated heterocycles. The van der Waals surface area contributed by atoms with Crippen LogP contribution in [0, 0.1) is 0 Å². The Morgan fingerprint density at radius 1 is 1.00 bits per heavy atom. The largest absolute Gasteiger partial charge is 0.228 e. The van der Waals surface area contributed by atoms with Gasteiger partial charge in [-0.15, -0.1) is 0 Å². The molecule has 50 valence electrons. The summed E-state index contributed by atoms with van der Waals surface area (Å²) in [5, 5.41) is 0. The highest BCUT2D eigenvalue weighted by Crippen LogP contribution is 1.96. The maximum atomic E-state index is 10.8. The van der Waals surface area contributed by atoms with Crippen LogP contribution in [0.2, 0.25) is 0 Å². The second-order valence-corrected chi connectivity index (χ2v) is 4.09. The topological polar surface area (TPSA) is 34.1 Å². The van der Waals surface area contributed by atoms with Crippen LogP contribution in [0.4, 0.5) is 0 Å². The van der Waals surface area contributed by atoms with Crippen LogP contribution in [0.3, 0.4) is 0 Å². The zero-order chi connectivity index (χ0) is 6.74. The van der Waals surface area contributed by atoms with Crippen molar-refractivity contribution in [3.05, 3.63) is 24.3 Å². The van der Waals surface area contributed by atoms with Gasteiger partial charge in [-0.05, 0) is 0 Å². The molecule has 0 N–H and O–H groups in total. The summed E-state index contributed by atoms with van der Waals surface area (Å²) < 4.78 is 21.5. The normalized spacial score (nSPS) is 23.6. The number of hydrogen-bond donors (Lipinski definition) is 0. The predicted molar refractivity (Wildman–Crippen MR) is 36.9 cm³/mol. The average Bonchev–Trinajstić information content (AvgIpc) is 1.92. The van der Waals surface area contributed by atoms with E-state index in [1.54, 1.807) is 24.3 Å². The number of allylic oxidation sites excluding steroid dienone is 2. The summed E-state index contributed by atoms with van der Waals surface area (Å²) in [6, 6.07) is 0. The van der Waals surface area contributed by atoms with Gasteiger partial charge in [-0.2, -0.15) is 0 Å². The highest BCUT2D eigenvalue weighted by Gasteiger charge is 2.05. The molecule has 0 bridgehead atoms. The van der Waals surface area contributed by atoms with Crippen molar-refractivity contribution >= 4 is 9.84 Å². The minimum absolute atomic E-state index is 0.181. The number of hydrogen-bond acceptors (Lipinski definition) is 2. The van der Waals surface area contributed by atoms with E-state index < -0.39 is 9.84 Å². The second-order valence-electron chi connectivity index (χ2n) is 1.93. The lowest BCUT2D eigenvalue weighted by molar-refractivity contribution is 0.602. The summed E-state index contributed by atoms with van der Waals surface area (Å²) in [4.78, 5) is 0. The lowest BCUT2D eigenvalue weighted by Crippen LogP contribution is -2.05. The van der Waals surface area contributed by atoms with Crippen molar-refractivity contribution in [3.8, 4) is 0 Å². The van der Waals surface area contributed by atoms with Crippen molar-refractivity contribution in [2.24, 2.45) is 0 Å². The smallest absolute Gasteiger partial charge is 0.157 e. The van der Waals surface area contributed by atoms with Gasteiger partial charge < -0.3 is 0 Å². The molecular formula is C6H8O2S. The average molecular weight is 144 g/mol. The van der Waals surface area contributed by atoms with Crippen LogP contribution in [0.25, 0.3) is 0 Å². The Morgan fingerprint density at radius 3 is 1.89 bits per heavy atom. The van der Waals surface area contributed by atoms with E-state index in [1.807, 2.05) is 0 Å². The lowest BCUT2D eigenvalue weighted by atomic mass is 10.5. The molecule has 0 spiro atoms. The van der Waals surface area contributed by atoms with Crippen LogP contribution in [-0.4, -0.2) is 19.9 Å². The van der Waals surface area contributed by atoms with E-state index in [2.05, 4.69) is 0 Å². The molecule has 0 radical (unpaired) electrons. The Morgan fingerprint density at radius 2 is 1.44 bits per heavy atom. The van der Waals surface area contributed by atoms with Crippen LogP contribution in [0.15, 0.2) is 24.3 Å². The molecule has 1 aliphatic rings. The first-order chi connectivity index (χ1) is 4.21. The molecule has 9 heavy (non-hydrogen) atoms. The summed E-state index contributed by atoms with van der Waals surface area (Å²) >= 11 is 0. The van der Waals surface area contributed by atoms with E-state index in [0.29, 0.717) is 0 Å². The van der Waals surface area contributed by atoms with Gasteiger partial charge in [0, 0.05) is 0 Å². The quantitative estimate of drug-likeness (QED) is 0.497. The highest BCUT2D eigenvalue weighted by atomic mass is 32.2. The summed E-state index contributed by atoms with van der Waals surface area (Å²) in [7, 11) is -2.79. The van der Waals surface area contributed by atoms with Crippen LogP contribution < -0.4 is 0 Å². The lowest BCUT2D eigenvalue weighted by Gasteiger charge is -1.90. The molecule has 1 heterocycles. The van der Waals surface area contributed by atoms with Gasteiger partial charge in [0.2, 0.25) is 0 Å². The standard InChI is InChI=1S/C6H8O2S/c7-9(8)5-3-1-2-4-6-9/h1-4H,5-6H2. The molecule has 0 aliphatic carbocycles. The molecular weight excluding hydrogens is 136 g/mol. The predicted octanol–water partition coefficient (Wildman–Crippen LogP) is 0.527. The summed E-state index contributed by atoms with van der Waals surface area (Å²) in [6.07, 6.45) is 6.81. The molecule has 1 aliphatic heterocycles. The summed E-state index contributed by atoms with van der Waals surface area (Å²) in [6.45, 7) is 0. The van der Waals surface area contributed by atoms with Gasteiger partial charge in [0.25, 0.3) is 0 Å². The minimum atomic E-state index is -2.79. The van der Waals surface area contributed by atoms with E-state index in [9.17, 15) is 8.42 Å². The van der Waals surface area contributed by atoms with Crippen LogP contribution in [0.5, 0.6) is 0 Å². The molecule has 0 unspecified atom stereocenters. The third kappa shape index (κ3) is 2.01. The third-order valence-corrected chi connectivity index (χ3v) is 2.48. The Hall–Kier alpha value is -0.570. The van der Waals surface area contributed by atoms with E-state index in [0.717, 1.165) is 0 Å². The van der Waals surface area contributed by atoms with Crippen molar-refractivity contribution in [1.29, 1.82) is 0 Å².